The van der Waals surface area contributed by atoms with Crippen molar-refractivity contribution in [2.75, 3.05) is 4.90 Å². The number of furan rings is 1. The zero-order valence-corrected chi connectivity index (χ0v) is 30.1. The average Bonchev–Trinajstić information content (AvgIpc) is 3.89. The summed E-state index contributed by atoms with van der Waals surface area (Å²) in [5.41, 5.74) is 17.2. The second kappa shape index (κ2) is 11.5. The van der Waals surface area contributed by atoms with Gasteiger partial charge in [-0.05, 0) is 92.2 Å². The Morgan fingerprint density at radius 3 is 1.80 bits per heavy atom. The van der Waals surface area contributed by atoms with Gasteiger partial charge < -0.3 is 9.32 Å². The molecule has 8 aromatic carbocycles. The molecule has 1 atom stereocenters. The van der Waals surface area contributed by atoms with Gasteiger partial charge in [0.25, 0.3) is 0 Å². The lowest BCUT2D eigenvalue weighted by molar-refractivity contribution is 0.582. The quantitative estimate of drug-likeness (QED) is 0.182. The zero-order valence-electron chi connectivity index (χ0n) is 30.1. The van der Waals surface area contributed by atoms with Crippen molar-refractivity contribution in [2.24, 2.45) is 0 Å². The molecule has 0 amide bonds. The molecule has 1 spiro atoms. The first-order valence-electron chi connectivity index (χ1n) is 19.3. The Labute approximate surface area is 320 Å². The first kappa shape index (κ1) is 30.6. The van der Waals surface area contributed by atoms with E-state index in [0.29, 0.717) is 0 Å². The minimum Gasteiger partial charge on any atom is -0.456 e. The van der Waals surface area contributed by atoms with Crippen LogP contribution in [0.3, 0.4) is 0 Å². The van der Waals surface area contributed by atoms with Crippen molar-refractivity contribution < 1.29 is 4.42 Å². The highest BCUT2D eigenvalue weighted by Crippen LogP contribution is 2.65. The first-order chi connectivity index (χ1) is 27.3. The molecule has 0 saturated carbocycles. The van der Waals surface area contributed by atoms with Crippen LogP contribution in [0.15, 0.2) is 192 Å². The molecule has 12 rings (SSSR count). The molecule has 1 unspecified atom stereocenters. The van der Waals surface area contributed by atoms with Gasteiger partial charge in [0.15, 0.2) is 0 Å². The van der Waals surface area contributed by atoms with Gasteiger partial charge in [-0.3, -0.25) is 0 Å². The molecule has 0 fully saturated rings. The van der Waals surface area contributed by atoms with Crippen LogP contribution in [0, 0.1) is 0 Å². The molecule has 3 aliphatic carbocycles. The van der Waals surface area contributed by atoms with E-state index >= 15 is 0 Å². The summed E-state index contributed by atoms with van der Waals surface area (Å²) in [6.45, 7) is 0. The maximum absolute atomic E-state index is 6.94. The summed E-state index contributed by atoms with van der Waals surface area (Å²) in [6, 6.07) is 67.1. The van der Waals surface area contributed by atoms with Gasteiger partial charge in [-0.25, -0.2) is 0 Å². The molecular formula is C53H35NO. The fourth-order valence-electron chi connectivity index (χ4n) is 10.3. The van der Waals surface area contributed by atoms with Gasteiger partial charge >= 0.3 is 0 Å². The van der Waals surface area contributed by atoms with Crippen LogP contribution >= 0.6 is 0 Å². The first-order valence-corrected chi connectivity index (χ1v) is 19.3. The molecular weight excluding hydrogens is 667 g/mol. The Morgan fingerprint density at radius 2 is 1.07 bits per heavy atom. The number of para-hydroxylation sites is 1. The fourth-order valence-corrected chi connectivity index (χ4v) is 10.3. The highest BCUT2D eigenvalue weighted by Gasteiger charge is 2.52. The smallest absolute Gasteiger partial charge is 0.143 e. The standard InChI is InChI=1S/C53H35NO/c1-3-17-34(18-4-1)41-33-42-51-48(31-16-32-49(51)55-52(42)39-24-8-7-21-36(39)41)54(35-19-5-2-6-20-35)47-30-15-29-46-50(47)40-25-11-14-28-45(40)53(46)43-26-12-9-22-37(43)38-23-10-13-27-44(38)53/h1-30,32-33,48H,31H2. The molecule has 0 radical (unpaired) electrons. The van der Waals surface area contributed by atoms with Gasteiger partial charge in [0, 0.05) is 33.3 Å². The van der Waals surface area contributed by atoms with E-state index in [4.69, 9.17) is 4.42 Å². The van der Waals surface area contributed by atoms with Crippen LogP contribution in [0.5, 0.6) is 0 Å². The van der Waals surface area contributed by atoms with E-state index in [1.807, 2.05) is 0 Å². The van der Waals surface area contributed by atoms with Crippen molar-refractivity contribution in [2.45, 2.75) is 17.9 Å². The predicted molar refractivity (Wildman–Crippen MR) is 227 cm³/mol. The number of nitrogens with zero attached hydrogens (tertiary/aromatic N) is 1. The maximum atomic E-state index is 6.94. The summed E-state index contributed by atoms with van der Waals surface area (Å²) in [7, 11) is 0. The minimum absolute atomic E-state index is 0.0215. The Morgan fingerprint density at radius 1 is 0.491 bits per heavy atom. The normalized spacial score (nSPS) is 15.5. The average molecular weight is 702 g/mol. The minimum atomic E-state index is -0.416. The van der Waals surface area contributed by atoms with Crippen LogP contribution in [0.2, 0.25) is 0 Å². The van der Waals surface area contributed by atoms with Crippen LogP contribution in [-0.4, -0.2) is 0 Å². The summed E-state index contributed by atoms with van der Waals surface area (Å²) in [6.07, 6.45) is 5.33. The lowest BCUT2D eigenvalue weighted by Crippen LogP contribution is -2.27. The number of hydrogen-bond acceptors (Lipinski definition) is 2. The summed E-state index contributed by atoms with van der Waals surface area (Å²) in [5.74, 6) is 0.936. The zero-order chi connectivity index (χ0) is 36.1. The van der Waals surface area contributed by atoms with Crippen molar-refractivity contribution in [3.63, 3.8) is 0 Å². The molecule has 3 aliphatic rings. The van der Waals surface area contributed by atoms with E-state index in [1.165, 1.54) is 77.7 Å². The topological polar surface area (TPSA) is 16.4 Å². The predicted octanol–water partition coefficient (Wildman–Crippen LogP) is 13.9. The van der Waals surface area contributed by atoms with Crippen molar-refractivity contribution >= 4 is 39.2 Å². The molecule has 0 N–H and O–H groups in total. The lowest BCUT2D eigenvalue weighted by Gasteiger charge is -2.37. The van der Waals surface area contributed by atoms with Crippen LogP contribution in [0.1, 0.15) is 46.0 Å². The van der Waals surface area contributed by atoms with E-state index in [9.17, 15) is 0 Å². The molecule has 2 heteroatoms. The van der Waals surface area contributed by atoms with Crippen molar-refractivity contribution in [1.29, 1.82) is 0 Å². The second-order valence-electron chi connectivity index (χ2n) is 15.0. The molecule has 0 aliphatic heterocycles. The van der Waals surface area contributed by atoms with E-state index in [1.54, 1.807) is 0 Å². The number of benzene rings is 8. The van der Waals surface area contributed by atoms with E-state index in [-0.39, 0.29) is 6.04 Å². The Bertz CT molecular complexity index is 2980. The summed E-state index contributed by atoms with van der Waals surface area (Å²) >= 11 is 0. The SMILES string of the molecule is C1=Cc2oc3c(cc(-c4ccccc4)c4ccccc43)c2C(N(c2ccccc2)c2cccc3c2-c2ccccc2C32c3ccccc3-c3ccccc32)C1. The maximum Gasteiger partial charge on any atom is 0.143 e. The molecule has 258 valence electrons. The van der Waals surface area contributed by atoms with Gasteiger partial charge in [0.1, 0.15) is 11.3 Å². The molecule has 1 heterocycles. The van der Waals surface area contributed by atoms with E-state index in [2.05, 4.69) is 199 Å². The number of hydrogen-bond donors (Lipinski definition) is 0. The van der Waals surface area contributed by atoms with Crippen molar-refractivity contribution in [3.8, 4) is 33.4 Å². The van der Waals surface area contributed by atoms with E-state index in [0.717, 1.165) is 28.8 Å². The van der Waals surface area contributed by atoms with E-state index < -0.39 is 5.41 Å². The van der Waals surface area contributed by atoms with Gasteiger partial charge in [0.05, 0.1) is 11.5 Å². The molecule has 2 nitrogen and oxygen atoms in total. The Kier molecular flexibility index (Phi) is 6.41. The number of anilines is 2. The third kappa shape index (κ3) is 4.09. The van der Waals surface area contributed by atoms with Crippen LogP contribution in [0.25, 0.3) is 61.2 Å². The second-order valence-corrected chi connectivity index (χ2v) is 15.0. The molecule has 1 aromatic heterocycles. The largest absolute Gasteiger partial charge is 0.456 e. The molecule has 9 aromatic rings. The summed E-state index contributed by atoms with van der Waals surface area (Å²) in [5, 5.41) is 3.51. The van der Waals surface area contributed by atoms with Gasteiger partial charge in [0.2, 0.25) is 0 Å². The fraction of sp³-hybridized carbons (Fsp3) is 0.0566. The highest BCUT2D eigenvalue weighted by molar-refractivity contribution is 6.13. The summed E-state index contributed by atoms with van der Waals surface area (Å²) in [4.78, 5) is 2.61. The van der Waals surface area contributed by atoms with Crippen molar-refractivity contribution in [3.05, 3.63) is 222 Å². The monoisotopic (exact) mass is 701 g/mol. The van der Waals surface area contributed by atoms with Crippen LogP contribution in [0.4, 0.5) is 11.4 Å². The summed E-state index contributed by atoms with van der Waals surface area (Å²) < 4.78 is 6.94. The number of fused-ring (bicyclic) bond motifs is 15. The van der Waals surface area contributed by atoms with Gasteiger partial charge in [-0.2, -0.15) is 0 Å². The Balaban J connectivity index is 1.15. The van der Waals surface area contributed by atoms with Crippen LogP contribution in [-0.2, 0) is 5.41 Å². The molecule has 55 heavy (non-hydrogen) atoms. The Hall–Kier alpha value is -6.90. The molecule has 0 bridgehead atoms. The highest BCUT2D eigenvalue weighted by atomic mass is 16.3. The van der Waals surface area contributed by atoms with Gasteiger partial charge in [-0.1, -0.05) is 164 Å². The lowest BCUT2D eigenvalue weighted by atomic mass is 9.70. The van der Waals surface area contributed by atoms with Gasteiger partial charge in [-0.15, -0.1) is 0 Å². The molecule has 0 saturated heterocycles. The van der Waals surface area contributed by atoms with Crippen LogP contribution < -0.4 is 4.90 Å². The third-order valence-corrected chi connectivity index (χ3v) is 12.4. The number of rotatable bonds is 4. The van der Waals surface area contributed by atoms with Crippen molar-refractivity contribution in [1.82, 2.24) is 0 Å². The third-order valence-electron chi connectivity index (χ3n) is 12.4.